The molecule has 0 bridgehead atoms. The molecule has 0 heterocycles. The molecule has 1 N–H and O–H groups in total. The van der Waals surface area contributed by atoms with Crippen molar-refractivity contribution in [1.29, 1.82) is 0 Å². The minimum absolute atomic E-state index is 1.03. The Hall–Kier alpha value is -1.54. The van der Waals surface area contributed by atoms with E-state index in [4.69, 9.17) is 0 Å². The molecule has 2 heteroatoms. The van der Waals surface area contributed by atoms with Gasteiger partial charge < -0.3 is 10.2 Å². The molecule has 0 spiro atoms. The Morgan fingerprint density at radius 2 is 1.68 bits per heavy atom. The molecule has 0 fully saturated rings. The first kappa shape index (κ1) is 13.9. The van der Waals surface area contributed by atoms with E-state index in [2.05, 4.69) is 66.5 Å². The van der Waals surface area contributed by atoms with E-state index in [1.54, 1.807) is 0 Å². The second kappa shape index (κ2) is 7.15. The van der Waals surface area contributed by atoms with Crippen molar-refractivity contribution in [2.45, 2.75) is 20.3 Å². The highest BCUT2D eigenvalue weighted by molar-refractivity contribution is 5.93. The Kier molecular flexibility index (Phi) is 5.22. The van der Waals surface area contributed by atoms with Gasteiger partial charge in [0.2, 0.25) is 0 Å². The van der Waals surface area contributed by atoms with Crippen LogP contribution in [0.1, 0.15) is 20.3 Å². The van der Waals surface area contributed by atoms with Crippen molar-refractivity contribution >= 4 is 16.5 Å². The summed E-state index contributed by atoms with van der Waals surface area (Å²) >= 11 is 0. The van der Waals surface area contributed by atoms with E-state index in [1.165, 1.54) is 29.4 Å². The van der Waals surface area contributed by atoms with Crippen molar-refractivity contribution in [3.05, 3.63) is 42.5 Å². The molecule has 0 aliphatic carbocycles. The summed E-state index contributed by atoms with van der Waals surface area (Å²) in [6, 6.07) is 15.0. The highest BCUT2D eigenvalue weighted by atomic mass is 15.1. The Bertz CT molecular complexity index is 498. The van der Waals surface area contributed by atoms with Gasteiger partial charge in [0.25, 0.3) is 0 Å². The monoisotopic (exact) mass is 256 g/mol. The number of hydrogen-bond acceptors (Lipinski definition) is 2. The molecule has 0 aliphatic heterocycles. The molecule has 0 atom stereocenters. The maximum atomic E-state index is 3.56. The largest absolute Gasteiger partial charge is 0.384 e. The number of fused-ring (bicyclic) bond motifs is 1. The lowest BCUT2D eigenvalue weighted by Crippen LogP contribution is -2.25. The van der Waals surface area contributed by atoms with Gasteiger partial charge in [-0.15, -0.1) is 0 Å². The van der Waals surface area contributed by atoms with Crippen LogP contribution >= 0.6 is 0 Å². The topological polar surface area (TPSA) is 15.3 Å². The number of benzene rings is 2. The summed E-state index contributed by atoms with van der Waals surface area (Å²) < 4.78 is 0. The fourth-order valence-corrected chi connectivity index (χ4v) is 2.45. The smallest absolute Gasteiger partial charge is 0.0419 e. The predicted octanol–water partition coefficient (Wildman–Crippen LogP) is 3.98. The van der Waals surface area contributed by atoms with Crippen LogP contribution in [0.2, 0.25) is 0 Å². The van der Waals surface area contributed by atoms with E-state index in [0.717, 1.165) is 19.6 Å². The Morgan fingerprint density at radius 3 is 2.47 bits per heavy atom. The fourth-order valence-electron chi connectivity index (χ4n) is 2.45. The second-order valence-electron chi connectivity index (χ2n) is 4.83. The zero-order chi connectivity index (χ0) is 13.5. The van der Waals surface area contributed by atoms with Gasteiger partial charge in [0.1, 0.15) is 0 Å². The van der Waals surface area contributed by atoms with Crippen LogP contribution in [0.5, 0.6) is 0 Å². The number of nitrogens with one attached hydrogen (secondary N) is 1. The summed E-state index contributed by atoms with van der Waals surface area (Å²) in [6.45, 7) is 8.94. The summed E-state index contributed by atoms with van der Waals surface area (Å²) in [5.41, 5.74) is 1.25. The quantitative estimate of drug-likeness (QED) is 0.754. The lowest BCUT2D eigenvalue weighted by Gasteiger charge is -2.18. The number of anilines is 1. The summed E-state index contributed by atoms with van der Waals surface area (Å²) in [6.07, 6.45) is 1.19. The van der Waals surface area contributed by atoms with Crippen LogP contribution in [-0.4, -0.2) is 31.1 Å². The SMILES string of the molecule is CCN(CC)CCCNc1cccc2ccccc12. The third-order valence-electron chi connectivity index (χ3n) is 3.65. The van der Waals surface area contributed by atoms with Crippen molar-refractivity contribution in [2.75, 3.05) is 31.5 Å². The van der Waals surface area contributed by atoms with E-state index in [-0.39, 0.29) is 0 Å². The van der Waals surface area contributed by atoms with Crippen LogP contribution in [0.25, 0.3) is 10.8 Å². The molecule has 0 saturated heterocycles. The molecule has 19 heavy (non-hydrogen) atoms. The number of rotatable bonds is 7. The average Bonchev–Trinajstić information content (AvgIpc) is 2.47. The average molecular weight is 256 g/mol. The van der Waals surface area contributed by atoms with Crippen molar-refractivity contribution in [3.63, 3.8) is 0 Å². The lowest BCUT2D eigenvalue weighted by atomic mass is 10.1. The van der Waals surface area contributed by atoms with Crippen molar-refractivity contribution in [2.24, 2.45) is 0 Å². The highest BCUT2D eigenvalue weighted by Gasteiger charge is 2.00. The first-order valence-corrected chi connectivity index (χ1v) is 7.29. The minimum Gasteiger partial charge on any atom is -0.384 e. The molecule has 2 aromatic carbocycles. The molecule has 2 aromatic rings. The molecular formula is C17H24N2. The van der Waals surface area contributed by atoms with Gasteiger partial charge in [0.15, 0.2) is 0 Å². The third kappa shape index (κ3) is 3.71. The van der Waals surface area contributed by atoms with E-state index in [0.29, 0.717) is 0 Å². The Balaban J connectivity index is 1.91. The van der Waals surface area contributed by atoms with Crippen LogP contribution < -0.4 is 5.32 Å². The summed E-state index contributed by atoms with van der Waals surface area (Å²) in [5, 5.41) is 6.18. The molecule has 102 valence electrons. The summed E-state index contributed by atoms with van der Waals surface area (Å²) in [7, 11) is 0. The molecule has 0 amide bonds. The zero-order valence-corrected chi connectivity index (χ0v) is 12.0. The van der Waals surface area contributed by atoms with Gasteiger partial charge in [-0.1, -0.05) is 50.2 Å². The Morgan fingerprint density at radius 1 is 0.947 bits per heavy atom. The molecule has 0 unspecified atom stereocenters. The minimum atomic E-state index is 1.03. The Labute approximate surface area is 116 Å². The maximum absolute atomic E-state index is 3.56. The van der Waals surface area contributed by atoms with Crippen LogP contribution in [0.4, 0.5) is 5.69 Å². The molecular weight excluding hydrogens is 232 g/mol. The maximum Gasteiger partial charge on any atom is 0.0419 e. The standard InChI is InChI=1S/C17H24N2/c1-3-19(4-2)14-8-13-18-17-12-7-10-15-9-5-6-11-16(15)17/h5-7,9-12,18H,3-4,8,13-14H2,1-2H3. The first-order chi connectivity index (χ1) is 9.35. The molecule has 0 saturated carbocycles. The normalized spacial score (nSPS) is 11.1. The predicted molar refractivity (Wildman–Crippen MR) is 84.8 cm³/mol. The zero-order valence-electron chi connectivity index (χ0n) is 12.0. The second-order valence-corrected chi connectivity index (χ2v) is 4.83. The molecule has 2 nitrogen and oxygen atoms in total. The van der Waals surface area contributed by atoms with Gasteiger partial charge in [-0.25, -0.2) is 0 Å². The van der Waals surface area contributed by atoms with E-state index >= 15 is 0 Å². The van der Waals surface area contributed by atoms with Crippen LogP contribution in [-0.2, 0) is 0 Å². The van der Waals surface area contributed by atoms with Gasteiger partial charge >= 0.3 is 0 Å². The summed E-state index contributed by atoms with van der Waals surface area (Å²) in [5.74, 6) is 0. The van der Waals surface area contributed by atoms with Gasteiger partial charge in [-0.3, -0.25) is 0 Å². The van der Waals surface area contributed by atoms with Gasteiger partial charge in [0, 0.05) is 17.6 Å². The van der Waals surface area contributed by atoms with Crippen molar-refractivity contribution < 1.29 is 0 Å². The van der Waals surface area contributed by atoms with Crippen LogP contribution in [0.3, 0.4) is 0 Å². The van der Waals surface area contributed by atoms with E-state index in [1.807, 2.05) is 0 Å². The van der Waals surface area contributed by atoms with E-state index in [9.17, 15) is 0 Å². The first-order valence-electron chi connectivity index (χ1n) is 7.29. The van der Waals surface area contributed by atoms with Crippen molar-refractivity contribution in [1.82, 2.24) is 4.90 Å². The number of hydrogen-bond donors (Lipinski definition) is 1. The van der Waals surface area contributed by atoms with Gasteiger partial charge in [-0.05, 0) is 37.5 Å². The van der Waals surface area contributed by atoms with Crippen LogP contribution in [0, 0.1) is 0 Å². The molecule has 0 aliphatic rings. The lowest BCUT2D eigenvalue weighted by molar-refractivity contribution is 0.303. The molecule has 2 rings (SSSR count). The fraction of sp³-hybridized carbons (Fsp3) is 0.412. The molecule has 0 aromatic heterocycles. The van der Waals surface area contributed by atoms with Crippen molar-refractivity contribution in [3.8, 4) is 0 Å². The molecule has 0 radical (unpaired) electrons. The van der Waals surface area contributed by atoms with E-state index < -0.39 is 0 Å². The highest BCUT2D eigenvalue weighted by Crippen LogP contribution is 2.22. The van der Waals surface area contributed by atoms with Gasteiger partial charge in [-0.2, -0.15) is 0 Å². The van der Waals surface area contributed by atoms with Gasteiger partial charge in [0.05, 0.1) is 0 Å². The number of nitrogens with zero attached hydrogens (tertiary/aromatic N) is 1. The van der Waals surface area contributed by atoms with Crippen LogP contribution in [0.15, 0.2) is 42.5 Å². The third-order valence-corrected chi connectivity index (χ3v) is 3.65. The summed E-state index contributed by atoms with van der Waals surface area (Å²) in [4.78, 5) is 2.46.